The lowest BCUT2D eigenvalue weighted by Crippen LogP contribution is -2.11. The number of hydrogen-bond acceptors (Lipinski definition) is 2. The van der Waals surface area contributed by atoms with Gasteiger partial charge in [0.1, 0.15) is 5.75 Å². The van der Waals surface area contributed by atoms with E-state index >= 15 is 0 Å². The molecule has 2 aromatic rings. The average Bonchev–Trinajstić information content (AvgIpc) is 2.63. The van der Waals surface area contributed by atoms with Gasteiger partial charge in [-0.2, -0.15) is 0 Å². The second-order valence-corrected chi connectivity index (χ2v) is 6.93. The first kappa shape index (κ1) is 14.2. The third kappa shape index (κ3) is 3.11. The molecule has 0 fully saturated rings. The molecule has 1 aliphatic heterocycles. The van der Waals surface area contributed by atoms with E-state index in [-0.39, 0.29) is 0 Å². The molecular formula is C16H15BrINO. The normalized spacial score (nSPS) is 17.8. The lowest BCUT2D eigenvalue weighted by atomic mass is 10.0. The smallest absolute Gasteiger partial charge is 0.125 e. The molecule has 2 nitrogen and oxygen atoms in total. The summed E-state index contributed by atoms with van der Waals surface area (Å²) in [5.41, 5.74) is 2.43. The van der Waals surface area contributed by atoms with Crippen LogP contribution in [0, 0.1) is 3.57 Å². The molecule has 0 amide bonds. The van der Waals surface area contributed by atoms with Gasteiger partial charge in [0.2, 0.25) is 0 Å². The second kappa shape index (κ2) is 6.35. The minimum absolute atomic E-state index is 0.302. The Morgan fingerprint density at radius 3 is 2.90 bits per heavy atom. The fourth-order valence-electron chi connectivity index (χ4n) is 2.46. The number of anilines is 1. The summed E-state index contributed by atoms with van der Waals surface area (Å²) in [6.45, 7) is 0.785. The number of nitrogens with one attached hydrogen (secondary N) is 1. The summed E-state index contributed by atoms with van der Waals surface area (Å²) in [4.78, 5) is 0. The van der Waals surface area contributed by atoms with Crippen molar-refractivity contribution in [3.8, 4) is 5.75 Å². The van der Waals surface area contributed by atoms with Crippen molar-refractivity contribution in [2.75, 3.05) is 11.9 Å². The summed E-state index contributed by atoms with van der Waals surface area (Å²) >= 11 is 5.88. The van der Waals surface area contributed by atoms with Gasteiger partial charge in [-0.05, 0) is 59.7 Å². The third-order valence-corrected chi connectivity index (χ3v) is 4.88. The van der Waals surface area contributed by atoms with E-state index in [1.165, 1.54) is 14.8 Å². The molecular weight excluding hydrogens is 429 g/mol. The number of halogens is 2. The van der Waals surface area contributed by atoms with E-state index in [0.29, 0.717) is 6.04 Å². The first-order valence-electron chi connectivity index (χ1n) is 6.67. The van der Waals surface area contributed by atoms with Crippen molar-refractivity contribution in [2.45, 2.75) is 18.9 Å². The highest BCUT2D eigenvalue weighted by Gasteiger charge is 2.20. The van der Waals surface area contributed by atoms with Crippen LogP contribution in [0.2, 0.25) is 0 Å². The van der Waals surface area contributed by atoms with Crippen LogP contribution in [0.15, 0.2) is 46.9 Å². The Kier molecular flexibility index (Phi) is 4.51. The minimum atomic E-state index is 0.302. The van der Waals surface area contributed by atoms with Crippen LogP contribution in [-0.2, 0) is 0 Å². The van der Waals surface area contributed by atoms with Crippen molar-refractivity contribution in [1.82, 2.24) is 0 Å². The van der Waals surface area contributed by atoms with Gasteiger partial charge in [-0.25, -0.2) is 0 Å². The van der Waals surface area contributed by atoms with Crippen LogP contribution in [0.1, 0.15) is 24.4 Å². The van der Waals surface area contributed by atoms with Crippen molar-refractivity contribution in [2.24, 2.45) is 0 Å². The fourth-order valence-corrected chi connectivity index (χ4v) is 3.35. The van der Waals surface area contributed by atoms with Crippen molar-refractivity contribution in [1.29, 1.82) is 0 Å². The highest BCUT2D eigenvalue weighted by Crippen LogP contribution is 2.36. The molecule has 1 heterocycles. The van der Waals surface area contributed by atoms with Crippen LogP contribution in [0.3, 0.4) is 0 Å². The molecule has 0 radical (unpaired) electrons. The van der Waals surface area contributed by atoms with Gasteiger partial charge in [0.05, 0.1) is 12.6 Å². The standard InChI is InChI=1S/C16H15BrINO/c17-11-7-8-12-14(6-3-9-20-16(12)10-11)19-15-5-2-1-4-13(15)18/h1-2,4-5,7-8,10,14,19H,3,6,9H2. The van der Waals surface area contributed by atoms with Crippen LogP contribution in [-0.4, -0.2) is 6.61 Å². The number of rotatable bonds is 2. The van der Waals surface area contributed by atoms with Gasteiger partial charge in [-0.3, -0.25) is 0 Å². The molecule has 1 atom stereocenters. The Morgan fingerprint density at radius 2 is 2.05 bits per heavy atom. The van der Waals surface area contributed by atoms with Crippen molar-refractivity contribution in [3.63, 3.8) is 0 Å². The first-order chi connectivity index (χ1) is 9.74. The molecule has 4 heteroatoms. The van der Waals surface area contributed by atoms with E-state index in [1.54, 1.807) is 0 Å². The molecule has 3 rings (SSSR count). The summed E-state index contributed by atoms with van der Waals surface area (Å²) in [6, 6.07) is 15.0. The number of fused-ring (bicyclic) bond motifs is 1. The zero-order valence-corrected chi connectivity index (χ0v) is 14.6. The van der Waals surface area contributed by atoms with Gasteiger partial charge < -0.3 is 10.1 Å². The predicted molar refractivity (Wildman–Crippen MR) is 94.4 cm³/mol. The summed E-state index contributed by atoms with van der Waals surface area (Å²) in [6.07, 6.45) is 2.15. The molecule has 1 unspecified atom stereocenters. The number of hydrogen-bond donors (Lipinski definition) is 1. The van der Waals surface area contributed by atoms with Gasteiger partial charge in [0.15, 0.2) is 0 Å². The van der Waals surface area contributed by atoms with E-state index in [2.05, 4.69) is 86.3 Å². The molecule has 0 saturated carbocycles. The zero-order chi connectivity index (χ0) is 13.9. The molecule has 0 aliphatic carbocycles. The van der Waals surface area contributed by atoms with Crippen molar-refractivity contribution >= 4 is 44.2 Å². The van der Waals surface area contributed by atoms with Crippen LogP contribution < -0.4 is 10.1 Å². The van der Waals surface area contributed by atoms with Crippen molar-refractivity contribution < 1.29 is 4.74 Å². The summed E-state index contributed by atoms with van der Waals surface area (Å²) in [5, 5.41) is 3.66. The summed E-state index contributed by atoms with van der Waals surface area (Å²) in [5.74, 6) is 0.986. The van der Waals surface area contributed by atoms with E-state index in [1.807, 2.05) is 0 Å². The Balaban J connectivity index is 1.92. The van der Waals surface area contributed by atoms with Crippen LogP contribution in [0.25, 0.3) is 0 Å². The van der Waals surface area contributed by atoms with Crippen LogP contribution >= 0.6 is 38.5 Å². The SMILES string of the molecule is Brc1ccc2c(c1)OCCCC2Nc1ccccc1I. The zero-order valence-electron chi connectivity index (χ0n) is 10.9. The van der Waals surface area contributed by atoms with Gasteiger partial charge in [0.25, 0.3) is 0 Å². The maximum absolute atomic E-state index is 5.86. The molecule has 1 aliphatic rings. The molecule has 0 spiro atoms. The lowest BCUT2D eigenvalue weighted by Gasteiger charge is -2.20. The molecule has 0 bridgehead atoms. The molecule has 0 saturated heterocycles. The molecule has 2 aromatic carbocycles. The van der Waals surface area contributed by atoms with Gasteiger partial charge >= 0.3 is 0 Å². The maximum Gasteiger partial charge on any atom is 0.125 e. The monoisotopic (exact) mass is 443 g/mol. The second-order valence-electron chi connectivity index (χ2n) is 4.85. The van der Waals surface area contributed by atoms with Gasteiger partial charge in [-0.15, -0.1) is 0 Å². The maximum atomic E-state index is 5.86. The Bertz CT molecular complexity index is 617. The average molecular weight is 444 g/mol. The predicted octanol–water partition coefficient (Wildman–Crippen LogP) is 5.38. The van der Waals surface area contributed by atoms with Gasteiger partial charge in [0, 0.05) is 19.3 Å². The molecule has 1 N–H and O–H groups in total. The Morgan fingerprint density at radius 1 is 1.20 bits per heavy atom. The van der Waals surface area contributed by atoms with E-state index < -0.39 is 0 Å². The third-order valence-electron chi connectivity index (χ3n) is 3.45. The van der Waals surface area contributed by atoms with Crippen LogP contribution in [0.5, 0.6) is 5.75 Å². The lowest BCUT2D eigenvalue weighted by molar-refractivity contribution is 0.316. The van der Waals surface area contributed by atoms with E-state index in [4.69, 9.17) is 4.74 Å². The number of ether oxygens (including phenoxy) is 1. The fraction of sp³-hybridized carbons (Fsp3) is 0.250. The minimum Gasteiger partial charge on any atom is -0.493 e. The molecule has 0 aromatic heterocycles. The van der Waals surface area contributed by atoms with E-state index in [0.717, 1.165) is 29.7 Å². The highest BCUT2D eigenvalue weighted by atomic mass is 127. The topological polar surface area (TPSA) is 21.3 Å². The highest BCUT2D eigenvalue weighted by molar-refractivity contribution is 14.1. The Labute approximate surface area is 141 Å². The molecule has 104 valence electrons. The summed E-state index contributed by atoms with van der Waals surface area (Å²) < 4.78 is 8.16. The summed E-state index contributed by atoms with van der Waals surface area (Å²) in [7, 11) is 0. The molecule has 20 heavy (non-hydrogen) atoms. The number of para-hydroxylation sites is 1. The number of benzene rings is 2. The quantitative estimate of drug-likeness (QED) is 0.629. The first-order valence-corrected chi connectivity index (χ1v) is 8.54. The Hall–Kier alpha value is -0.750. The van der Waals surface area contributed by atoms with Gasteiger partial charge in [-0.1, -0.05) is 34.1 Å². The van der Waals surface area contributed by atoms with Crippen LogP contribution in [0.4, 0.5) is 5.69 Å². The van der Waals surface area contributed by atoms with Crippen molar-refractivity contribution in [3.05, 3.63) is 56.1 Å². The van der Waals surface area contributed by atoms with E-state index in [9.17, 15) is 0 Å². The largest absolute Gasteiger partial charge is 0.493 e.